The number of aryl methyl sites for hydroxylation is 2. The molecule has 0 saturated carbocycles. The first-order valence-corrected chi connectivity index (χ1v) is 10.3. The monoisotopic (exact) mass is 451 g/mol. The molecule has 4 rings (SSSR count). The Labute approximate surface area is 189 Å². The Balaban J connectivity index is 1.38. The molecule has 0 bridgehead atoms. The third-order valence-electron chi connectivity index (χ3n) is 5.36. The van der Waals surface area contributed by atoms with Crippen molar-refractivity contribution in [3.8, 4) is 5.75 Å². The molecule has 2 N–H and O–H groups in total. The fraction of sp³-hybridized carbons (Fsp3) is 0.167. The van der Waals surface area contributed by atoms with Crippen molar-refractivity contribution in [2.75, 3.05) is 5.32 Å². The summed E-state index contributed by atoms with van der Waals surface area (Å²) in [4.78, 5) is 23.3. The predicted molar refractivity (Wildman–Crippen MR) is 125 cm³/mol. The molecule has 0 amide bonds. The molecule has 0 aliphatic rings. The highest BCUT2D eigenvalue weighted by molar-refractivity contribution is 6.33. The average molecular weight is 452 g/mol. The maximum Gasteiger partial charge on any atom is 0.337 e. The molecular weight excluding hydrogens is 430 g/mol. The van der Waals surface area contributed by atoms with Crippen LogP contribution in [-0.2, 0) is 27.2 Å². The summed E-state index contributed by atoms with van der Waals surface area (Å²) in [6.45, 7) is 0.916. The van der Waals surface area contributed by atoms with Crippen molar-refractivity contribution in [1.82, 2.24) is 9.13 Å². The summed E-state index contributed by atoms with van der Waals surface area (Å²) in [7, 11) is 3.52. The largest absolute Gasteiger partial charge is 0.489 e. The van der Waals surface area contributed by atoms with Gasteiger partial charge in [0.1, 0.15) is 12.4 Å². The van der Waals surface area contributed by atoms with Gasteiger partial charge in [0.15, 0.2) is 0 Å². The summed E-state index contributed by atoms with van der Waals surface area (Å²) >= 11 is 5.91. The number of carbonyl (C=O) groups is 1. The number of benzene rings is 3. The fourth-order valence-electron chi connectivity index (χ4n) is 3.52. The topological polar surface area (TPSA) is 85.5 Å². The van der Waals surface area contributed by atoms with Gasteiger partial charge in [-0.05, 0) is 53.6 Å². The molecule has 1 heterocycles. The molecule has 1 aromatic heterocycles. The number of aromatic nitrogens is 2. The van der Waals surface area contributed by atoms with Gasteiger partial charge < -0.3 is 15.2 Å². The minimum Gasteiger partial charge on any atom is -0.489 e. The molecule has 0 saturated heterocycles. The molecule has 0 fully saturated rings. The zero-order valence-corrected chi connectivity index (χ0v) is 18.4. The number of fused-ring (bicyclic) bond motifs is 1. The van der Waals surface area contributed by atoms with Gasteiger partial charge in [0.2, 0.25) is 0 Å². The van der Waals surface area contributed by atoms with Gasteiger partial charge in [0, 0.05) is 26.3 Å². The summed E-state index contributed by atoms with van der Waals surface area (Å²) in [5, 5.41) is 12.6. The maximum atomic E-state index is 12.1. The van der Waals surface area contributed by atoms with Gasteiger partial charge in [-0.15, -0.1) is 0 Å². The van der Waals surface area contributed by atoms with Crippen molar-refractivity contribution in [2.24, 2.45) is 14.1 Å². The standard InChI is InChI=1S/C24H22ClN3O4/c1-27-21-10-5-16(11-22(21)28(2)24(27)31)14-32-18-7-3-15(4-8-18)13-26-17-6-9-20(25)19(12-17)23(29)30/h3-12,26H,13-14H2,1-2H3,(H,29,30). The van der Waals surface area contributed by atoms with Crippen molar-refractivity contribution < 1.29 is 14.6 Å². The number of aromatic carboxylic acids is 1. The molecule has 0 unspecified atom stereocenters. The first-order chi connectivity index (χ1) is 15.3. The molecular formula is C24H22ClN3O4. The van der Waals surface area contributed by atoms with E-state index in [4.69, 9.17) is 16.3 Å². The predicted octanol–water partition coefficient (Wildman–Crippen LogP) is 4.42. The van der Waals surface area contributed by atoms with Crippen LogP contribution < -0.4 is 15.7 Å². The first kappa shape index (κ1) is 21.5. The first-order valence-electron chi connectivity index (χ1n) is 9.96. The number of imidazole rings is 1. The molecule has 32 heavy (non-hydrogen) atoms. The van der Waals surface area contributed by atoms with Gasteiger partial charge in [-0.1, -0.05) is 29.8 Å². The summed E-state index contributed by atoms with van der Waals surface area (Å²) < 4.78 is 9.15. The number of anilines is 1. The number of halogens is 1. The quantitative estimate of drug-likeness (QED) is 0.434. The van der Waals surface area contributed by atoms with E-state index >= 15 is 0 Å². The lowest BCUT2D eigenvalue weighted by Crippen LogP contribution is -2.19. The molecule has 3 aromatic carbocycles. The van der Waals surface area contributed by atoms with E-state index in [0.29, 0.717) is 18.8 Å². The third kappa shape index (κ3) is 4.33. The molecule has 0 atom stereocenters. The smallest absolute Gasteiger partial charge is 0.337 e. The summed E-state index contributed by atoms with van der Waals surface area (Å²) in [5.41, 5.74) is 4.43. The molecule has 7 nitrogen and oxygen atoms in total. The van der Waals surface area contributed by atoms with Crippen molar-refractivity contribution in [3.05, 3.63) is 92.9 Å². The van der Waals surface area contributed by atoms with Crippen LogP contribution >= 0.6 is 11.6 Å². The van der Waals surface area contributed by atoms with Crippen molar-refractivity contribution in [2.45, 2.75) is 13.2 Å². The number of rotatable bonds is 7. The van der Waals surface area contributed by atoms with E-state index in [1.807, 2.05) is 42.5 Å². The number of hydrogen-bond donors (Lipinski definition) is 2. The highest BCUT2D eigenvalue weighted by Crippen LogP contribution is 2.22. The van der Waals surface area contributed by atoms with Crippen molar-refractivity contribution in [3.63, 3.8) is 0 Å². The SMILES string of the molecule is Cn1c(=O)n(C)c2cc(COc3ccc(CNc4ccc(Cl)c(C(=O)O)c4)cc3)ccc21. The van der Waals surface area contributed by atoms with Gasteiger partial charge >= 0.3 is 11.7 Å². The molecule has 0 aliphatic carbocycles. The van der Waals surface area contributed by atoms with Crippen LogP contribution in [-0.4, -0.2) is 20.2 Å². The van der Waals surface area contributed by atoms with Crippen LogP contribution in [0, 0.1) is 0 Å². The van der Waals surface area contributed by atoms with Crippen LogP contribution in [0.2, 0.25) is 5.02 Å². The molecule has 164 valence electrons. The molecule has 4 aromatic rings. The highest BCUT2D eigenvalue weighted by atomic mass is 35.5. The minimum absolute atomic E-state index is 0.0555. The number of carboxylic acid groups (broad SMARTS) is 1. The Kier molecular flexibility index (Phi) is 5.92. The normalized spacial score (nSPS) is 11.0. The Hall–Kier alpha value is -3.71. The van der Waals surface area contributed by atoms with E-state index in [1.54, 1.807) is 35.4 Å². The van der Waals surface area contributed by atoms with Crippen LogP contribution in [0.15, 0.2) is 65.5 Å². The second kappa shape index (κ2) is 8.80. The highest BCUT2D eigenvalue weighted by Gasteiger charge is 2.10. The Morgan fingerprint density at radius 3 is 2.38 bits per heavy atom. The van der Waals surface area contributed by atoms with Crippen LogP contribution in [0.4, 0.5) is 5.69 Å². The number of nitrogens with one attached hydrogen (secondary N) is 1. The Morgan fingerprint density at radius 2 is 1.66 bits per heavy atom. The lowest BCUT2D eigenvalue weighted by Gasteiger charge is -2.10. The van der Waals surface area contributed by atoms with E-state index in [-0.39, 0.29) is 16.3 Å². The fourth-order valence-corrected chi connectivity index (χ4v) is 3.71. The zero-order chi connectivity index (χ0) is 22.8. The average Bonchev–Trinajstić information content (AvgIpc) is 3.01. The second-order valence-corrected chi connectivity index (χ2v) is 7.92. The van der Waals surface area contributed by atoms with Crippen LogP contribution in [0.3, 0.4) is 0 Å². The van der Waals surface area contributed by atoms with Gasteiger partial charge in [-0.25, -0.2) is 9.59 Å². The van der Waals surface area contributed by atoms with Crippen molar-refractivity contribution >= 4 is 34.3 Å². The number of carboxylic acids is 1. The lowest BCUT2D eigenvalue weighted by atomic mass is 10.1. The summed E-state index contributed by atoms with van der Waals surface area (Å²) in [6, 6.07) is 18.3. The zero-order valence-electron chi connectivity index (χ0n) is 17.6. The molecule has 0 aliphatic heterocycles. The van der Waals surface area contributed by atoms with E-state index in [2.05, 4.69) is 5.32 Å². The maximum absolute atomic E-state index is 12.1. The third-order valence-corrected chi connectivity index (χ3v) is 5.69. The minimum atomic E-state index is -1.06. The van der Waals surface area contributed by atoms with Gasteiger partial charge in [0.25, 0.3) is 0 Å². The Bertz CT molecular complexity index is 1360. The van der Waals surface area contributed by atoms with Crippen LogP contribution in [0.1, 0.15) is 21.5 Å². The van der Waals surface area contributed by atoms with E-state index < -0.39 is 5.97 Å². The molecule has 0 radical (unpaired) electrons. The van der Waals surface area contributed by atoms with Crippen molar-refractivity contribution in [1.29, 1.82) is 0 Å². The number of ether oxygens (including phenoxy) is 1. The van der Waals surface area contributed by atoms with Gasteiger partial charge in [-0.2, -0.15) is 0 Å². The van der Waals surface area contributed by atoms with Gasteiger partial charge in [-0.3, -0.25) is 9.13 Å². The van der Waals surface area contributed by atoms with E-state index in [1.165, 1.54) is 6.07 Å². The van der Waals surface area contributed by atoms with E-state index in [9.17, 15) is 14.7 Å². The lowest BCUT2D eigenvalue weighted by molar-refractivity contribution is 0.0697. The molecule has 0 spiro atoms. The van der Waals surface area contributed by atoms with Crippen LogP contribution in [0.25, 0.3) is 11.0 Å². The number of hydrogen-bond acceptors (Lipinski definition) is 4. The van der Waals surface area contributed by atoms with Gasteiger partial charge in [0.05, 0.1) is 21.6 Å². The summed E-state index contributed by atoms with van der Waals surface area (Å²) in [5.74, 6) is -0.329. The molecule has 8 heteroatoms. The second-order valence-electron chi connectivity index (χ2n) is 7.51. The van der Waals surface area contributed by atoms with Crippen LogP contribution in [0.5, 0.6) is 5.75 Å². The Morgan fingerprint density at radius 1 is 0.969 bits per heavy atom. The van der Waals surface area contributed by atoms with E-state index in [0.717, 1.165) is 27.9 Å². The summed E-state index contributed by atoms with van der Waals surface area (Å²) in [6.07, 6.45) is 0. The number of nitrogens with zero attached hydrogens (tertiary/aromatic N) is 2.